The highest BCUT2D eigenvalue weighted by atomic mass is 79.9. The predicted octanol–water partition coefficient (Wildman–Crippen LogP) is 1.94. The van der Waals surface area contributed by atoms with Gasteiger partial charge in [0, 0.05) is 11.9 Å². The van der Waals surface area contributed by atoms with E-state index < -0.39 is 5.67 Å². The molecule has 0 bridgehead atoms. The molecule has 0 aliphatic heterocycles. The van der Waals surface area contributed by atoms with Crippen LogP contribution in [0.2, 0.25) is 0 Å². The molecule has 5 heteroatoms. The zero-order valence-corrected chi connectivity index (χ0v) is 9.64. The third-order valence-electron chi connectivity index (χ3n) is 1.61. The first kappa shape index (κ1) is 11.2. The molecule has 0 saturated carbocycles. The Morgan fingerprint density at radius 3 is 2.71 bits per heavy atom. The first-order chi connectivity index (χ1) is 6.29. The molecule has 0 fully saturated rings. The van der Waals surface area contributed by atoms with Crippen LogP contribution < -0.4 is 11.3 Å². The lowest BCUT2D eigenvalue weighted by Crippen LogP contribution is -2.29. The maximum atomic E-state index is 13.3. The Bertz CT molecular complexity index is 395. The van der Waals surface area contributed by atoms with Crippen LogP contribution in [0, 0.1) is 0 Å². The molecule has 0 radical (unpaired) electrons. The molecule has 0 saturated heterocycles. The van der Waals surface area contributed by atoms with Gasteiger partial charge in [-0.15, -0.1) is 0 Å². The highest BCUT2D eigenvalue weighted by Gasteiger charge is 2.17. The fourth-order valence-electron chi connectivity index (χ4n) is 1.14. The summed E-state index contributed by atoms with van der Waals surface area (Å²) in [6.45, 7) is 2.82. The Kier molecular flexibility index (Phi) is 2.99. The van der Waals surface area contributed by atoms with E-state index in [-0.39, 0.29) is 12.1 Å². The number of hydrogen-bond donors (Lipinski definition) is 1. The van der Waals surface area contributed by atoms with E-state index in [0.29, 0.717) is 10.2 Å². The van der Waals surface area contributed by atoms with Gasteiger partial charge in [0.15, 0.2) is 0 Å². The number of nitrogens with zero attached hydrogens (tertiary/aromatic N) is 1. The lowest BCUT2D eigenvalue weighted by atomic mass is 10.2. The lowest BCUT2D eigenvalue weighted by molar-refractivity contribution is 0.184. The summed E-state index contributed by atoms with van der Waals surface area (Å²) in [6, 6.07) is 1.50. The van der Waals surface area contributed by atoms with Crippen LogP contribution in [0.1, 0.15) is 13.8 Å². The van der Waals surface area contributed by atoms with E-state index >= 15 is 0 Å². The van der Waals surface area contributed by atoms with Crippen molar-refractivity contribution in [1.29, 1.82) is 0 Å². The van der Waals surface area contributed by atoms with Crippen molar-refractivity contribution in [3.63, 3.8) is 0 Å². The van der Waals surface area contributed by atoms with Gasteiger partial charge in [-0.1, -0.05) is 0 Å². The predicted molar refractivity (Wildman–Crippen MR) is 58.0 cm³/mol. The molecule has 14 heavy (non-hydrogen) atoms. The summed E-state index contributed by atoms with van der Waals surface area (Å²) in [5.41, 5.74) is 4.26. The molecule has 78 valence electrons. The minimum absolute atomic E-state index is 0.00449. The van der Waals surface area contributed by atoms with Crippen molar-refractivity contribution in [2.45, 2.75) is 26.1 Å². The summed E-state index contributed by atoms with van der Waals surface area (Å²) in [6.07, 6.45) is 1.44. The Morgan fingerprint density at radius 2 is 2.21 bits per heavy atom. The summed E-state index contributed by atoms with van der Waals surface area (Å²) < 4.78 is 14.9. The fraction of sp³-hybridized carbons (Fsp3) is 0.444. The van der Waals surface area contributed by atoms with Gasteiger partial charge in [-0.3, -0.25) is 4.79 Å². The van der Waals surface area contributed by atoms with Crippen molar-refractivity contribution >= 4 is 21.6 Å². The number of aromatic nitrogens is 1. The second-order valence-corrected chi connectivity index (χ2v) is 4.63. The molecular weight excluding hydrogens is 251 g/mol. The number of alkyl halides is 1. The quantitative estimate of drug-likeness (QED) is 0.886. The SMILES string of the molecule is CC(C)(F)Cn1cc(N)cc(Br)c1=O. The summed E-state index contributed by atoms with van der Waals surface area (Å²) in [7, 11) is 0. The Labute approximate surface area is 89.9 Å². The number of pyridine rings is 1. The minimum atomic E-state index is -1.43. The fourth-order valence-corrected chi connectivity index (χ4v) is 1.64. The smallest absolute Gasteiger partial charge is 0.265 e. The van der Waals surface area contributed by atoms with Crippen LogP contribution in [-0.4, -0.2) is 10.2 Å². The van der Waals surface area contributed by atoms with Gasteiger partial charge in [0.2, 0.25) is 0 Å². The van der Waals surface area contributed by atoms with E-state index in [1.165, 1.54) is 30.7 Å². The third-order valence-corrected chi connectivity index (χ3v) is 2.18. The average Bonchev–Trinajstić information content (AvgIpc) is 1.96. The molecule has 0 amide bonds. The summed E-state index contributed by atoms with van der Waals surface area (Å²) in [5.74, 6) is 0. The van der Waals surface area contributed by atoms with Gasteiger partial charge in [0.25, 0.3) is 5.56 Å². The molecule has 0 atom stereocenters. The molecule has 0 aliphatic carbocycles. The van der Waals surface area contributed by atoms with Gasteiger partial charge < -0.3 is 10.3 Å². The standard InChI is InChI=1S/C9H12BrFN2O/c1-9(2,11)5-13-4-6(12)3-7(10)8(13)14/h3-4H,5,12H2,1-2H3. The zero-order valence-electron chi connectivity index (χ0n) is 8.05. The maximum Gasteiger partial charge on any atom is 0.265 e. The van der Waals surface area contributed by atoms with Gasteiger partial charge in [0.05, 0.1) is 11.0 Å². The van der Waals surface area contributed by atoms with E-state index in [1.807, 2.05) is 0 Å². The van der Waals surface area contributed by atoms with E-state index in [9.17, 15) is 9.18 Å². The van der Waals surface area contributed by atoms with E-state index in [1.54, 1.807) is 0 Å². The Morgan fingerprint density at radius 1 is 1.64 bits per heavy atom. The molecule has 0 unspecified atom stereocenters. The van der Waals surface area contributed by atoms with Gasteiger partial charge >= 0.3 is 0 Å². The minimum Gasteiger partial charge on any atom is -0.398 e. The average molecular weight is 263 g/mol. The second-order valence-electron chi connectivity index (χ2n) is 3.77. The number of rotatable bonds is 2. The second kappa shape index (κ2) is 3.73. The molecule has 0 aromatic carbocycles. The molecule has 0 aliphatic rings. The lowest BCUT2D eigenvalue weighted by Gasteiger charge is -2.16. The van der Waals surface area contributed by atoms with Gasteiger partial charge in [-0.05, 0) is 35.8 Å². The van der Waals surface area contributed by atoms with Crippen LogP contribution in [0.15, 0.2) is 21.5 Å². The van der Waals surface area contributed by atoms with Crippen LogP contribution >= 0.6 is 15.9 Å². The normalized spacial score (nSPS) is 11.7. The van der Waals surface area contributed by atoms with E-state index in [0.717, 1.165) is 0 Å². The van der Waals surface area contributed by atoms with Gasteiger partial charge in [0.1, 0.15) is 5.67 Å². The topological polar surface area (TPSA) is 48.0 Å². The van der Waals surface area contributed by atoms with Crippen molar-refractivity contribution in [2.75, 3.05) is 5.73 Å². The highest BCUT2D eigenvalue weighted by Crippen LogP contribution is 2.13. The number of nitrogen functional groups attached to an aromatic ring is 1. The molecule has 1 aromatic rings. The molecule has 1 heterocycles. The highest BCUT2D eigenvalue weighted by molar-refractivity contribution is 9.10. The largest absolute Gasteiger partial charge is 0.398 e. The Hall–Kier alpha value is -0.840. The van der Waals surface area contributed by atoms with Crippen LogP contribution in [0.5, 0.6) is 0 Å². The summed E-state index contributed by atoms with van der Waals surface area (Å²) >= 11 is 3.07. The van der Waals surface area contributed by atoms with Crippen LogP contribution in [0.4, 0.5) is 10.1 Å². The summed E-state index contributed by atoms with van der Waals surface area (Å²) in [4.78, 5) is 11.5. The number of halogens is 2. The van der Waals surface area contributed by atoms with Crippen molar-refractivity contribution < 1.29 is 4.39 Å². The molecular formula is C9H12BrFN2O. The molecule has 3 nitrogen and oxygen atoms in total. The third kappa shape index (κ3) is 2.83. The Balaban J connectivity index is 3.16. The molecule has 0 spiro atoms. The van der Waals surface area contributed by atoms with Crippen LogP contribution in [-0.2, 0) is 6.54 Å². The van der Waals surface area contributed by atoms with Crippen LogP contribution in [0.25, 0.3) is 0 Å². The van der Waals surface area contributed by atoms with Crippen LogP contribution in [0.3, 0.4) is 0 Å². The zero-order chi connectivity index (χ0) is 10.9. The molecule has 1 rings (SSSR count). The molecule has 1 aromatic heterocycles. The van der Waals surface area contributed by atoms with Gasteiger partial charge in [-0.25, -0.2) is 4.39 Å². The van der Waals surface area contributed by atoms with Crippen molar-refractivity contribution in [3.8, 4) is 0 Å². The number of anilines is 1. The first-order valence-electron chi connectivity index (χ1n) is 4.14. The van der Waals surface area contributed by atoms with Crippen molar-refractivity contribution in [2.24, 2.45) is 0 Å². The van der Waals surface area contributed by atoms with Gasteiger partial charge in [-0.2, -0.15) is 0 Å². The van der Waals surface area contributed by atoms with Crippen molar-refractivity contribution in [3.05, 3.63) is 27.1 Å². The first-order valence-corrected chi connectivity index (χ1v) is 4.93. The maximum absolute atomic E-state index is 13.3. The van der Waals surface area contributed by atoms with E-state index in [2.05, 4.69) is 15.9 Å². The molecule has 2 N–H and O–H groups in total. The summed E-state index contributed by atoms with van der Waals surface area (Å²) in [5, 5.41) is 0. The number of nitrogens with two attached hydrogens (primary N) is 1. The number of hydrogen-bond acceptors (Lipinski definition) is 2. The monoisotopic (exact) mass is 262 g/mol. The van der Waals surface area contributed by atoms with E-state index in [4.69, 9.17) is 5.73 Å². The van der Waals surface area contributed by atoms with Crippen molar-refractivity contribution in [1.82, 2.24) is 4.57 Å².